The maximum absolute atomic E-state index is 12.7. The Labute approximate surface area is 166 Å². The number of carbonyl (C=O) groups is 5. The molecular formula is C19H21N3O7. The van der Waals surface area contributed by atoms with Crippen LogP contribution < -0.4 is 5.32 Å². The molecule has 3 rings (SSSR count). The minimum absolute atomic E-state index is 0.169. The van der Waals surface area contributed by atoms with E-state index < -0.39 is 42.4 Å². The quantitative estimate of drug-likeness (QED) is 0.526. The van der Waals surface area contributed by atoms with Gasteiger partial charge >= 0.3 is 18.0 Å². The molecule has 0 saturated carbocycles. The largest absolute Gasteiger partial charge is 0.481 e. The van der Waals surface area contributed by atoms with E-state index in [1.54, 1.807) is 0 Å². The summed E-state index contributed by atoms with van der Waals surface area (Å²) in [6.07, 6.45) is -0.509. The first-order chi connectivity index (χ1) is 13.8. The molecule has 1 aromatic rings. The fourth-order valence-corrected chi connectivity index (χ4v) is 3.58. The lowest BCUT2D eigenvalue weighted by Gasteiger charge is -2.28. The molecule has 0 bridgehead atoms. The van der Waals surface area contributed by atoms with Crippen LogP contribution in [-0.2, 0) is 32.1 Å². The number of amides is 4. The Morgan fingerprint density at radius 1 is 1.10 bits per heavy atom. The smallest absolute Gasteiger partial charge is 0.327 e. The number of carbonyl (C=O) groups excluding carboxylic acids is 3. The van der Waals surface area contributed by atoms with Crippen LogP contribution in [0.25, 0.3) is 0 Å². The Morgan fingerprint density at radius 3 is 2.45 bits per heavy atom. The zero-order chi connectivity index (χ0) is 21.1. The maximum atomic E-state index is 12.7. The van der Waals surface area contributed by atoms with Crippen molar-refractivity contribution < 1.29 is 34.2 Å². The molecule has 2 heterocycles. The van der Waals surface area contributed by atoms with E-state index in [4.69, 9.17) is 10.2 Å². The van der Waals surface area contributed by atoms with Gasteiger partial charge in [-0.05, 0) is 17.5 Å². The van der Waals surface area contributed by atoms with E-state index in [9.17, 15) is 24.0 Å². The number of aliphatic carboxylic acids is 2. The molecule has 10 heteroatoms. The van der Waals surface area contributed by atoms with E-state index in [1.807, 2.05) is 24.3 Å². The van der Waals surface area contributed by atoms with Crippen LogP contribution in [0, 0.1) is 0 Å². The van der Waals surface area contributed by atoms with Crippen molar-refractivity contribution in [2.24, 2.45) is 0 Å². The molecule has 4 amide bonds. The summed E-state index contributed by atoms with van der Waals surface area (Å²) in [5.41, 5.74) is 1.99. The van der Waals surface area contributed by atoms with Crippen molar-refractivity contribution in [1.29, 1.82) is 0 Å². The van der Waals surface area contributed by atoms with Crippen LogP contribution in [0.15, 0.2) is 24.3 Å². The highest BCUT2D eigenvalue weighted by molar-refractivity contribution is 6.05. The first kappa shape index (κ1) is 20.3. The van der Waals surface area contributed by atoms with Gasteiger partial charge in [0.1, 0.15) is 12.1 Å². The van der Waals surface area contributed by atoms with Crippen LogP contribution in [0.3, 0.4) is 0 Å². The monoisotopic (exact) mass is 403 g/mol. The molecule has 0 aliphatic carbocycles. The van der Waals surface area contributed by atoms with Crippen molar-refractivity contribution >= 4 is 29.8 Å². The Hall–Kier alpha value is -3.43. The summed E-state index contributed by atoms with van der Waals surface area (Å²) < 4.78 is 0. The number of nitrogens with zero attached hydrogens (tertiary/aromatic N) is 2. The molecule has 154 valence electrons. The Bertz CT molecular complexity index is 826. The summed E-state index contributed by atoms with van der Waals surface area (Å²) in [5.74, 6) is -3.56. The summed E-state index contributed by atoms with van der Waals surface area (Å²) in [7, 11) is 0. The first-order valence-corrected chi connectivity index (χ1v) is 9.20. The van der Waals surface area contributed by atoms with Crippen molar-refractivity contribution in [3.8, 4) is 0 Å². The van der Waals surface area contributed by atoms with Gasteiger partial charge in [0.15, 0.2) is 0 Å². The van der Waals surface area contributed by atoms with Crippen molar-refractivity contribution in [2.45, 2.75) is 44.3 Å². The maximum Gasteiger partial charge on any atom is 0.327 e. The average Bonchev–Trinajstić information content (AvgIpc) is 2.91. The number of hydrogen-bond acceptors (Lipinski definition) is 5. The van der Waals surface area contributed by atoms with Crippen LogP contribution in [0.1, 0.15) is 30.4 Å². The molecule has 0 aromatic heterocycles. The molecule has 2 atom stereocenters. The van der Waals surface area contributed by atoms with Gasteiger partial charge in [0.2, 0.25) is 5.91 Å². The predicted molar refractivity (Wildman–Crippen MR) is 97.6 cm³/mol. The summed E-state index contributed by atoms with van der Waals surface area (Å²) in [6.45, 7) is 0.155. The summed E-state index contributed by atoms with van der Waals surface area (Å²) >= 11 is 0. The standard InChI is InChI=1S/C19H21N3O7/c23-15(20-13(18(27)28)5-6-16(24)25)7-8-21-17(26)14-9-11-3-1-2-4-12(11)10-22(14)19(21)29/h1-4,13-14H,5-10H2,(H,20,23)(H,24,25)(H,27,28)/t13-,14-/m1/s1. The van der Waals surface area contributed by atoms with Crippen molar-refractivity contribution in [1.82, 2.24) is 15.1 Å². The Kier molecular flexibility index (Phi) is 5.81. The fraction of sp³-hybridized carbons (Fsp3) is 0.421. The van der Waals surface area contributed by atoms with E-state index in [2.05, 4.69) is 5.32 Å². The molecule has 1 fully saturated rings. The highest BCUT2D eigenvalue weighted by atomic mass is 16.4. The number of carboxylic acids is 2. The average molecular weight is 403 g/mol. The van der Waals surface area contributed by atoms with Gasteiger partial charge in [0.25, 0.3) is 5.91 Å². The third kappa shape index (κ3) is 4.36. The zero-order valence-electron chi connectivity index (χ0n) is 15.5. The van der Waals surface area contributed by atoms with Gasteiger partial charge in [0, 0.05) is 32.4 Å². The lowest BCUT2D eigenvalue weighted by atomic mass is 9.95. The van der Waals surface area contributed by atoms with Crippen LogP contribution in [0.5, 0.6) is 0 Å². The van der Waals surface area contributed by atoms with Crippen LogP contribution in [-0.4, -0.2) is 68.4 Å². The summed E-state index contributed by atoms with van der Waals surface area (Å²) in [6, 6.07) is 5.16. The molecule has 3 N–H and O–H groups in total. The highest BCUT2D eigenvalue weighted by Gasteiger charge is 2.46. The van der Waals surface area contributed by atoms with Gasteiger partial charge < -0.3 is 20.4 Å². The molecule has 0 radical (unpaired) electrons. The molecule has 0 unspecified atom stereocenters. The van der Waals surface area contributed by atoms with Crippen LogP contribution >= 0.6 is 0 Å². The number of benzene rings is 1. The fourth-order valence-electron chi connectivity index (χ4n) is 3.58. The zero-order valence-corrected chi connectivity index (χ0v) is 15.5. The third-order valence-corrected chi connectivity index (χ3v) is 5.12. The van der Waals surface area contributed by atoms with Gasteiger partial charge in [-0.1, -0.05) is 24.3 Å². The van der Waals surface area contributed by atoms with E-state index in [0.717, 1.165) is 16.0 Å². The van der Waals surface area contributed by atoms with Crippen molar-refractivity contribution in [3.63, 3.8) is 0 Å². The van der Waals surface area contributed by atoms with E-state index in [-0.39, 0.29) is 25.3 Å². The van der Waals surface area contributed by atoms with Gasteiger partial charge in [0.05, 0.1) is 0 Å². The van der Waals surface area contributed by atoms with Gasteiger partial charge in [-0.2, -0.15) is 0 Å². The van der Waals surface area contributed by atoms with Crippen LogP contribution in [0.4, 0.5) is 4.79 Å². The molecule has 1 saturated heterocycles. The Balaban J connectivity index is 1.58. The van der Waals surface area contributed by atoms with E-state index in [0.29, 0.717) is 13.0 Å². The third-order valence-electron chi connectivity index (χ3n) is 5.12. The van der Waals surface area contributed by atoms with Crippen LogP contribution in [0.2, 0.25) is 0 Å². The highest BCUT2D eigenvalue weighted by Crippen LogP contribution is 2.29. The van der Waals surface area contributed by atoms with Gasteiger partial charge in [-0.3, -0.25) is 19.3 Å². The molecule has 29 heavy (non-hydrogen) atoms. The molecule has 0 spiro atoms. The van der Waals surface area contributed by atoms with Crippen molar-refractivity contribution in [3.05, 3.63) is 35.4 Å². The summed E-state index contributed by atoms with van der Waals surface area (Å²) in [5, 5.41) is 20.0. The normalized spacial score (nSPS) is 18.8. The van der Waals surface area contributed by atoms with E-state index in [1.165, 1.54) is 4.90 Å². The number of rotatable bonds is 8. The number of urea groups is 1. The number of fused-ring (bicyclic) bond motifs is 2. The lowest BCUT2D eigenvalue weighted by molar-refractivity contribution is -0.143. The van der Waals surface area contributed by atoms with Gasteiger partial charge in [-0.15, -0.1) is 0 Å². The lowest BCUT2D eigenvalue weighted by Crippen LogP contribution is -2.43. The van der Waals surface area contributed by atoms with Crippen molar-refractivity contribution in [2.75, 3.05) is 6.54 Å². The molecular weight excluding hydrogens is 382 g/mol. The summed E-state index contributed by atoms with van der Waals surface area (Å²) in [4.78, 5) is 61.6. The molecule has 2 aliphatic heterocycles. The molecule has 1 aromatic carbocycles. The first-order valence-electron chi connectivity index (χ1n) is 9.20. The minimum Gasteiger partial charge on any atom is -0.481 e. The topological polar surface area (TPSA) is 144 Å². The van der Waals surface area contributed by atoms with Gasteiger partial charge in [-0.25, -0.2) is 9.59 Å². The number of hydrogen-bond donors (Lipinski definition) is 3. The number of carboxylic acid groups (broad SMARTS) is 2. The van der Waals surface area contributed by atoms with E-state index >= 15 is 0 Å². The number of nitrogens with one attached hydrogen (secondary N) is 1. The SMILES string of the molecule is O=C(O)CC[C@@H](NC(=O)CCN1C(=O)[C@H]2Cc3ccccc3CN2C1=O)C(=O)O. The predicted octanol–water partition coefficient (Wildman–Crippen LogP) is 0.200. The minimum atomic E-state index is -1.34. The second kappa shape index (κ2) is 8.29. The second-order valence-electron chi connectivity index (χ2n) is 7.03. The molecule has 10 nitrogen and oxygen atoms in total. The Morgan fingerprint density at radius 2 is 1.79 bits per heavy atom. The molecule has 2 aliphatic rings. The number of imide groups is 1. The second-order valence-corrected chi connectivity index (χ2v) is 7.03.